The summed E-state index contributed by atoms with van der Waals surface area (Å²) in [4.78, 5) is 3.76. The number of benzene rings is 2. The van der Waals surface area contributed by atoms with E-state index in [2.05, 4.69) is 0 Å². The fourth-order valence-electron chi connectivity index (χ4n) is 3.97. The molecule has 2 N–H and O–H groups in total. The molecule has 0 atom stereocenters. The van der Waals surface area contributed by atoms with E-state index in [1.54, 1.807) is 64.1 Å². The molecule has 38 heavy (non-hydrogen) atoms. The van der Waals surface area contributed by atoms with Gasteiger partial charge in [0.15, 0.2) is 0 Å². The molecule has 2 aromatic carbocycles. The van der Waals surface area contributed by atoms with Crippen LogP contribution in [0.5, 0.6) is 11.5 Å². The Bertz CT molecular complexity index is 968. The summed E-state index contributed by atoms with van der Waals surface area (Å²) in [5.74, 6) is 0.256. The largest absolute Gasteiger partial charge is 0.508 e. The van der Waals surface area contributed by atoms with Gasteiger partial charge in [-0.2, -0.15) is 0 Å². The van der Waals surface area contributed by atoms with Gasteiger partial charge in [0.25, 0.3) is 0 Å². The summed E-state index contributed by atoms with van der Waals surface area (Å²) in [6.45, 7) is 9.25. The van der Waals surface area contributed by atoms with Gasteiger partial charge in [0.05, 0.1) is 26.4 Å². The van der Waals surface area contributed by atoms with Crippen molar-refractivity contribution in [3.63, 3.8) is 0 Å². The Kier molecular flexibility index (Phi) is 14.0. The number of hydrogen-bond acceptors (Lipinski definition) is 10. The van der Waals surface area contributed by atoms with E-state index in [0.717, 1.165) is 0 Å². The van der Waals surface area contributed by atoms with E-state index in [4.69, 9.17) is 18.1 Å². The first-order valence-electron chi connectivity index (χ1n) is 12.9. The fourth-order valence-corrected chi connectivity index (χ4v) is 7.48. The Morgan fingerprint density at radius 3 is 1.21 bits per heavy atom. The second-order valence-electron chi connectivity index (χ2n) is 8.54. The lowest BCUT2D eigenvalue weighted by molar-refractivity contribution is 0.167. The third-order valence-electron chi connectivity index (χ3n) is 5.55. The lowest BCUT2D eigenvalue weighted by atomic mass is 10.2. The number of phenolic OH excluding ortho intramolecular Hbond substituents is 2. The molecule has 12 heteroatoms. The molecule has 214 valence electrons. The maximum Gasteiger partial charge on any atom is 0.344 e. The Morgan fingerprint density at radius 1 is 0.605 bits per heavy atom. The van der Waals surface area contributed by atoms with E-state index in [0.29, 0.717) is 24.2 Å². The molecule has 0 unspecified atom stereocenters. The van der Waals surface area contributed by atoms with Crippen LogP contribution in [0, 0.1) is 0 Å². The first-order chi connectivity index (χ1) is 18.2. The van der Waals surface area contributed by atoms with Gasteiger partial charge in [-0.05, 0) is 39.8 Å². The van der Waals surface area contributed by atoms with Gasteiger partial charge >= 0.3 is 15.2 Å². The Hall–Kier alpha value is -1.74. The molecule has 0 aliphatic heterocycles. The van der Waals surface area contributed by atoms with Crippen molar-refractivity contribution in [2.75, 3.05) is 52.1 Å². The van der Waals surface area contributed by atoms with Gasteiger partial charge in [-0.25, -0.2) is 0 Å². The lowest BCUT2D eigenvalue weighted by Crippen LogP contribution is -2.36. The standard InChI is InChI=1S/C26H42N2O8P2/c1-5-33-37(31,34-6-2)21-27(19-23-13-9-11-15-25(23)29)17-18-28(20-24-14-10-12-16-26(24)30)22-38(32,35-7-3)36-8-4/h9-16,29-30H,5-8,17-22H2,1-4H3. The third kappa shape index (κ3) is 10.8. The summed E-state index contributed by atoms with van der Waals surface area (Å²) < 4.78 is 48.9. The van der Waals surface area contributed by atoms with Crippen molar-refractivity contribution in [1.82, 2.24) is 9.80 Å². The topological polar surface area (TPSA) is 118 Å². The minimum atomic E-state index is -3.44. The average molecular weight is 573 g/mol. The molecule has 0 bridgehead atoms. The molecule has 0 spiro atoms. The van der Waals surface area contributed by atoms with Gasteiger partial charge in [-0.3, -0.25) is 18.9 Å². The van der Waals surface area contributed by atoms with Gasteiger partial charge in [0, 0.05) is 37.3 Å². The van der Waals surface area contributed by atoms with Crippen molar-refractivity contribution in [3.05, 3.63) is 59.7 Å². The molecule has 0 fully saturated rings. The SMILES string of the molecule is CCOP(=O)(CN(CCN(Cc1ccccc1O)CP(=O)(OCC)OCC)Cc1ccccc1O)OCC. The van der Waals surface area contributed by atoms with Crippen LogP contribution in [-0.2, 0) is 40.3 Å². The third-order valence-corrected chi connectivity index (χ3v) is 9.65. The Balaban J connectivity index is 2.33. The van der Waals surface area contributed by atoms with Crippen LogP contribution in [0.2, 0.25) is 0 Å². The van der Waals surface area contributed by atoms with E-state index in [1.165, 1.54) is 0 Å². The highest BCUT2D eigenvalue weighted by Gasteiger charge is 2.30. The van der Waals surface area contributed by atoms with E-state index in [9.17, 15) is 19.3 Å². The number of aromatic hydroxyl groups is 2. The number of hydrogen-bond donors (Lipinski definition) is 2. The summed E-state index contributed by atoms with van der Waals surface area (Å²) in [6.07, 6.45) is 0.00401. The Morgan fingerprint density at radius 2 is 0.921 bits per heavy atom. The molecular formula is C26H42N2O8P2. The molecule has 0 saturated heterocycles. The maximum absolute atomic E-state index is 13.4. The molecule has 2 rings (SSSR count). The summed E-state index contributed by atoms with van der Waals surface area (Å²) in [5, 5.41) is 20.7. The zero-order chi connectivity index (χ0) is 28.0. The molecule has 2 aromatic rings. The van der Waals surface area contributed by atoms with Crippen molar-refractivity contribution >= 4 is 15.2 Å². The summed E-state index contributed by atoms with van der Waals surface area (Å²) >= 11 is 0. The minimum Gasteiger partial charge on any atom is -0.508 e. The highest BCUT2D eigenvalue weighted by molar-refractivity contribution is 7.54. The predicted octanol–water partition coefficient (Wildman–Crippen LogP) is 5.85. The van der Waals surface area contributed by atoms with Crippen LogP contribution in [0.25, 0.3) is 0 Å². The zero-order valence-corrected chi connectivity index (χ0v) is 24.6. The normalized spacial score (nSPS) is 12.5. The van der Waals surface area contributed by atoms with Crippen molar-refractivity contribution in [3.8, 4) is 11.5 Å². The smallest absolute Gasteiger partial charge is 0.344 e. The first kappa shape index (κ1) is 32.5. The van der Waals surface area contributed by atoms with Gasteiger partial charge in [-0.1, -0.05) is 36.4 Å². The van der Waals surface area contributed by atoms with Gasteiger partial charge in [0.2, 0.25) is 0 Å². The number of para-hydroxylation sites is 2. The van der Waals surface area contributed by atoms with E-state index >= 15 is 0 Å². The Labute approximate surface area is 226 Å². The van der Waals surface area contributed by atoms with E-state index < -0.39 is 15.2 Å². The first-order valence-corrected chi connectivity index (χ1v) is 16.4. The molecule has 0 aliphatic rings. The monoisotopic (exact) mass is 572 g/mol. The number of phenols is 2. The van der Waals surface area contributed by atoms with Gasteiger partial charge in [0.1, 0.15) is 24.1 Å². The lowest BCUT2D eigenvalue weighted by Gasteiger charge is -2.31. The van der Waals surface area contributed by atoms with E-state index in [1.807, 2.05) is 21.9 Å². The molecular weight excluding hydrogens is 530 g/mol. The maximum atomic E-state index is 13.4. The molecule has 0 heterocycles. The van der Waals surface area contributed by atoms with Crippen LogP contribution in [-0.4, -0.2) is 72.1 Å². The van der Waals surface area contributed by atoms with Crippen LogP contribution in [0.4, 0.5) is 0 Å². The second kappa shape index (κ2) is 16.4. The fraction of sp³-hybridized carbons (Fsp3) is 0.538. The predicted molar refractivity (Wildman–Crippen MR) is 148 cm³/mol. The van der Waals surface area contributed by atoms with E-state index in [-0.39, 0.29) is 63.6 Å². The molecule has 0 amide bonds. The number of nitrogens with zero attached hydrogens (tertiary/aromatic N) is 2. The van der Waals surface area contributed by atoms with Gasteiger partial charge in [-0.15, -0.1) is 0 Å². The van der Waals surface area contributed by atoms with Crippen LogP contribution < -0.4 is 0 Å². The quantitative estimate of drug-likeness (QED) is 0.199. The van der Waals surface area contributed by atoms with Crippen LogP contribution >= 0.6 is 15.2 Å². The number of rotatable bonds is 19. The summed E-state index contributed by atoms with van der Waals surface area (Å²) in [7, 11) is -6.88. The highest BCUT2D eigenvalue weighted by atomic mass is 31.2. The minimum absolute atomic E-state index is 0.00201. The zero-order valence-electron chi connectivity index (χ0n) is 22.8. The summed E-state index contributed by atoms with van der Waals surface area (Å²) in [6, 6.07) is 13.9. The molecule has 0 saturated carbocycles. The van der Waals surface area contributed by atoms with Crippen LogP contribution in [0.15, 0.2) is 48.5 Å². The van der Waals surface area contributed by atoms with Crippen molar-refractivity contribution in [2.24, 2.45) is 0 Å². The van der Waals surface area contributed by atoms with Gasteiger partial charge < -0.3 is 28.3 Å². The molecule has 0 aromatic heterocycles. The van der Waals surface area contributed by atoms with Crippen molar-refractivity contribution in [1.29, 1.82) is 0 Å². The highest BCUT2D eigenvalue weighted by Crippen LogP contribution is 2.50. The molecule has 0 aliphatic carbocycles. The van der Waals surface area contributed by atoms with Crippen LogP contribution in [0.1, 0.15) is 38.8 Å². The van der Waals surface area contributed by atoms with Crippen LogP contribution in [0.3, 0.4) is 0 Å². The average Bonchev–Trinajstić information content (AvgIpc) is 2.85. The second-order valence-corrected chi connectivity index (χ2v) is 12.6. The molecule has 0 radical (unpaired) electrons. The molecule has 10 nitrogen and oxygen atoms in total. The van der Waals surface area contributed by atoms with Crippen molar-refractivity contribution < 1.29 is 37.4 Å². The summed E-state index contributed by atoms with van der Waals surface area (Å²) in [5.41, 5.74) is 1.32. The van der Waals surface area contributed by atoms with Crippen molar-refractivity contribution in [2.45, 2.75) is 40.8 Å².